The SMILES string of the molecule is Fc1ccc(Cl)c(CNc2ccc3n[nH]c(C=Cc4ccccn4)c3c2)c1. The molecule has 2 heterocycles. The maximum Gasteiger partial charge on any atom is 0.123 e. The second kappa shape index (κ2) is 7.60. The van der Waals surface area contributed by atoms with Crippen LogP contribution in [-0.4, -0.2) is 15.2 Å². The van der Waals surface area contributed by atoms with Gasteiger partial charge in [-0.1, -0.05) is 17.7 Å². The summed E-state index contributed by atoms with van der Waals surface area (Å²) in [6, 6.07) is 16.0. The highest BCUT2D eigenvalue weighted by Gasteiger charge is 2.06. The van der Waals surface area contributed by atoms with Gasteiger partial charge in [0.2, 0.25) is 0 Å². The second-order valence-electron chi connectivity index (χ2n) is 6.05. The highest BCUT2D eigenvalue weighted by atomic mass is 35.5. The zero-order chi connectivity index (χ0) is 18.6. The summed E-state index contributed by atoms with van der Waals surface area (Å²) in [6.45, 7) is 0.430. The topological polar surface area (TPSA) is 53.6 Å². The summed E-state index contributed by atoms with van der Waals surface area (Å²) >= 11 is 6.13. The van der Waals surface area contributed by atoms with Crippen LogP contribution in [0.15, 0.2) is 60.8 Å². The van der Waals surface area contributed by atoms with Gasteiger partial charge < -0.3 is 5.32 Å². The van der Waals surface area contributed by atoms with Gasteiger partial charge in [0.1, 0.15) is 5.82 Å². The third-order valence-corrected chi connectivity index (χ3v) is 4.55. The summed E-state index contributed by atoms with van der Waals surface area (Å²) in [5.41, 5.74) is 4.24. The normalized spacial score (nSPS) is 11.3. The van der Waals surface area contributed by atoms with E-state index in [9.17, 15) is 4.39 Å². The molecule has 134 valence electrons. The number of hydrogen-bond acceptors (Lipinski definition) is 3. The van der Waals surface area contributed by atoms with Crippen molar-refractivity contribution in [3.05, 3.63) is 88.6 Å². The van der Waals surface area contributed by atoms with Crippen LogP contribution in [0.1, 0.15) is 17.0 Å². The Morgan fingerprint density at radius 3 is 2.85 bits per heavy atom. The Labute approximate surface area is 160 Å². The number of benzene rings is 2. The van der Waals surface area contributed by atoms with Crippen molar-refractivity contribution in [2.75, 3.05) is 5.32 Å². The zero-order valence-corrected chi connectivity index (χ0v) is 15.0. The molecule has 0 aliphatic heterocycles. The fraction of sp³-hybridized carbons (Fsp3) is 0.0476. The molecule has 0 unspecified atom stereocenters. The van der Waals surface area contributed by atoms with Crippen LogP contribution in [0.25, 0.3) is 23.1 Å². The smallest absolute Gasteiger partial charge is 0.123 e. The summed E-state index contributed by atoms with van der Waals surface area (Å²) in [5.74, 6) is -0.302. The Hall–Kier alpha value is -3.18. The highest BCUT2D eigenvalue weighted by Crippen LogP contribution is 2.24. The van der Waals surface area contributed by atoms with E-state index in [-0.39, 0.29) is 5.82 Å². The standard InChI is InChI=1S/C21H16ClFN4/c22-19-7-4-15(23)11-14(19)13-25-17-6-9-21-18(12-17)20(26-27-21)8-5-16-3-1-2-10-24-16/h1-12,25H,13H2,(H,26,27). The van der Waals surface area contributed by atoms with Gasteiger partial charge in [-0.15, -0.1) is 0 Å². The van der Waals surface area contributed by atoms with E-state index in [2.05, 4.69) is 20.5 Å². The van der Waals surface area contributed by atoms with Gasteiger partial charge in [-0.25, -0.2) is 4.39 Å². The molecule has 0 amide bonds. The molecule has 0 aliphatic carbocycles. The third kappa shape index (κ3) is 3.99. The van der Waals surface area contributed by atoms with Gasteiger partial charge in [-0.3, -0.25) is 10.1 Å². The molecule has 0 fully saturated rings. The molecule has 2 aromatic heterocycles. The molecular weight excluding hydrogens is 363 g/mol. The van der Waals surface area contributed by atoms with Crippen molar-refractivity contribution in [3.63, 3.8) is 0 Å². The number of aromatic amines is 1. The minimum atomic E-state index is -0.302. The average molecular weight is 379 g/mol. The Bertz CT molecular complexity index is 1110. The number of hydrogen-bond donors (Lipinski definition) is 2. The number of nitrogens with one attached hydrogen (secondary N) is 2. The number of anilines is 1. The Balaban J connectivity index is 1.56. The van der Waals surface area contributed by atoms with E-state index in [0.29, 0.717) is 17.1 Å². The molecule has 27 heavy (non-hydrogen) atoms. The van der Waals surface area contributed by atoms with Crippen LogP contribution in [0.2, 0.25) is 5.02 Å². The zero-order valence-electron chi connectivity index (χ0n) is 14.3. The lowest BCUT2D eigenvalue weighted by Crippen LogP contribution is -2.00. The van der Waals surface area contributed by atoms with E-state index in [1.54, 1.807) is 12.3 Å². The summed E-state index contributed by atoms with van der Waals surface area (Å²) in [6.07, 6.45) is 5.63. The molecule has 0 saturated carbocycles. The fourth-order valence-corrected chi connectivity index (χ4v) is 2.97. The predicted molar refractivity (Wildman–Crippen MR) is 108 cm³/mol. The lowest BCUT2D eigenvalue weighted by Gasteiger charge is -2.08. The van der Waals surface area contributed by atoms with Crippen LogP contribution in [-0.2, 0) is 6.54 Å². The lowest BCUT2D eigenvalue weighted by molar-refractivity contribution is 0.626. The highest BCUT2D eigenvalue weighted by molar-refractivity contribution is 6.31. The number of rotatable bonds is 5. The number of aromatic nitrogens is 3. The number of pyridine rings is 1. The summed E-state index contributed by atoms with van der Waals surface area (Å²) in [5, 5.41) is 12.2. The molecule has 0 atom stereocenters. The number of H-pyrrole nitrogens is 1. The third-order valence-electron chi connectivity index (χ3n) is 4.18. The van der Waals surface area contributed by atoms with Gasteiger partial charge in [-0.05, 0) is 66.2 Å². The van der Waals surface area contributed by atoms with Gasteiger partial charge >= 0.3 is 0 Å². The van der Waals surface area contributed by atoms with Crippen molar-refractivity contribution in [3.8, 4) is 0 Å². The van der Waals surface area contributed by atoms with E-state index >= 15 is 0 Å². The summed E-state index contributed by atoms with van der Waals surface area (Å²) < 4.78 is 13.4. The molecule has 0 spiro atoms. The van der Waals surface area contributed by atoms with Crippen LogP contribution in [0.3, 0.4) is 0 Å². The van der Waals surface area contributed by atoms with Crippen molar-refractivity contribution in [1.29, 1.82) is 0 Å². The fourth-order valence-electron chi connectivity index (χ4n) is 2.79. The first-order valence-electron chi connectivity index (χ1n) is 8.44. The largest absolute Gasteiger partial charge is 0.381 e. The van der Waals surface area contributed by atoms with Crippen LogP contribution in [0.4, 0.5) is 10.1 Å². The first kappa shape index (κ1) is 17.2. The van der Waals surface area contributed by atoms with Crippen molar-refractivity contribution in [2.24, 2.45) is 0 Å². The number of nitrogens with zero attached hydrogens (tertiary/aromatic N) is 2. The Kier molecular flexibility index (Phi) is 4.85. The van der Waals surface area contributed by atoms with E-state index in [1.807, 2.05) is 48.6 Å². The monoisotopic (exact) mass is 378 g/mol. The van der Waals surface area contributed by atoms with Crippen LogP contribution in [0.5, 0.6) is 0 Å². The van der Waals surface area contributed by atoms with Crippen molar-refractivity contribution in [1.82, 2.24) is 15.2 Å². The van der Waals surface area contributed by atoms with E-state index in [0.717, 1.165) is 28.0 Å². The minimum Gasteiger partial charge on any atom is -0.381 e. The molecule has 4 rings (SSSR count). The van der Waals surface area contributed by atoms with Gasteiger partial charge in [-0.2, -0.15) is 5.10 Å². The van der Waals surface area contributed by atoms with Crippen molar-refractivity contribution < 1.29 is 4.39 Å². The quantitative estimate of drug-likeness (QED) is 0.480. The molecule has 0 aliphatic rings. The molecule has 0 radical (unpaired) electrons. The van der Waals surface area contributed by atoms with E-state index in [4.69, 9.17) is 11.6 Å². The van der Waals surface area contributed by atoms with Gasteiger partial charge in [0.25, 0.3) is 0 Å². The van der Waals surface area contributed by atoms with Crippen LogP contribution >= 0.6 is 11.6 Å². The molecule has 2 N–H and O–H groups in total. The number of halogens is 2. The summed E-state index contributed by atoms with van der Waals surface area (Å²) in [4.78, 5) is 4.28. The van der Waals surface area contributed by atoms with Crippen LogP contribution < -0.4 is 5.32 Å². The molecule has 2 aromatic carbocycles. The van der Waals surface area contributed by atoms with Gasteiger partial charge in [0.05, 0.1) is 16.9 Å². The van der Waals surface area contributed by atoms with Crippen molar-refractivity contribution >= 4 is 40.3 Å². The molecule has 4 aromatic rings. The van der Waals surface area contributed by atoms with E-state index in [1.165, 1.54) is 12.1 Å². The maximum absolute atomic E-state index is 13.4. The number of fused-ring (bicyclic) bond motifs is 1. The van der Waals surface area contributed by atoms with Crippen molar-refractivity contribution in [2.45, 2.75) is 6.54 Å². The predicted octanol–water partition coefficient (Wildman–Crippen LogP) is 5.53. The minimum absolute atomic E-state index is 0.302. The lowest BCUT2D eigenvalue weighted by atomic mass is 10.1. The second-order valence-corrected chi connectivity index (χ2v) is 6.45. The first-order valence-corrected chi connectivity index (χ1v) is 8.82. The Morgan fingerprint density at radius 1 is 1.07 bits per heavy atom. The molecule has 6 heteroatoms. The molecular formula is C21H16ClFN4. The molecule has 4 nitrogen and oxygen atoms in total. The van der Waals surface area contributed by atoms with E-state index < -0.39 is 0 Å². The maximum atomic E-state index is 13.4. The van der Waals surface area contributed by atoms with Crippen LogP contribution in [0, 0.1) is 5.82 Å². The first-order chi connectivity index (χ1) is 13.2. The summed E-state index contributed by atoms with van der Waals surface area (Å²) in [7, 11) is 0. The average Bonchev–Trinajstić information content (AvgIpc) is 3.10. The Morgan fingerprint density at radius 2 is 2.00 bits per heavy atom. The molecule has 0 bridgehead atoms. The van der Waals surface area contributed by atoms with Gasteiger partial charge in [0.15, 0.2) is 0 Å². The molecule has 0 saturated heterocycles. The van der Waals surface area contributed by atoms with Gasteiger partial charge in [0, 0.05) is 28.8 Å².